The summed E-state index contributed by atoms with van der Waals surface area (Å²) in [5, 5.41) is 13.3. The first-order valence-corrected chi connectivity index (χ1v) is 6.87. The van der Waals surface area contributed by atoms with Crippen molar-refractivity contribution >= 4 is 11.6 Å². The van der Waals surface area contributed by atoms with Crippen LogP contribution in [0.2, 0.25) is 0 Å². The van der Waals surface area contributed by atoms with Crippen LogP contribution >= 0.6 is 0 Å². The van der Waals surface area contributed by atoms with Gasteiger partial charge in [0.15, 0.2) is 0 Å². The predicted octanol–water partition coefficient (Wildman–Crippen LogP) is 2.03. The minimum absolute atomic E-state index is 0.0682. The molecule has 4 nitrogen and oxygen atoms in total. The molecular formula is C15H19NO3. The highest BCUT2D eigenvalue weighted by Gasteiger charge is 2.32. The van der Waals surface area contributed by atoms with Crippen molar-refractivity contribution in [3.05, 3.63) is 29.3 Å². The Morgan fingerprint density at radius 2 is 2.26 bits per heavy atom. The Kier molecular flexibility index (Phi) is 3.29. The summed E-state index contributed by atoms with van der Waals surface area (Å²) in [7, 11) is 0. The standard InChI is InChI=1S/C15H19NO3/c1-9-12(6-7-19-9)15(18)11-2-4-13-10(8-11)3-5-14(17)16-13/h2,4,8-9,12,15,18H,3,5-7H2,1H3,(H,16,17). The molecule has 2 N–H and O–H groups in total. The van der Waals surface area contributed by atoms with Crippen molar-refractivity contribution in [3.8, 4) is 0 Å². The molecule has 0 saturated carbocycles. The first-order chi connectivity index (χ1) is 9.15. The van der Waals surface area contributed by atoms with Crippen LogP contribution in [0.5, 0.6) is 0 Å². The molecule has 3 atom stereocenters. The third kappa shape index (κ3) is 2.38. The molecule has 0 bridgehead atoms. The molecule has 0 radical (unpaired) electrons. The quantitative estimate of drug-likeness (QED) is 0.856. The highest BCUT2D eigenvalue weighted by Crippen LogP contribution is 2.35. The van der Waals surface area contributed by atoms with Crippen molar-refractivity contribution in [2.75, 3.05) is 11.9 Å². The lowest BCUT2D eigenvalue weighted by Crippen LogP contribution is -2.22. The van der Waals surface area contributed by atoms with Crippen LogP contribution in [0.25, 0.3) is 0 Å². The minimum atomic E-state index is -0.486. The number of nitrogens with one attached hydrogen (secondary N) is 1. The zero-order chi connectivity index (χ0) is 13.4. The second-order valence-electron chi connectivity index (χ2n) is 5.44. The van der Waals surface area contributed by atoms with E-state index >= 15 is 0 Å². The van der Waals surface area contributed by atoms with Crippen molar-refractivity contribution in [2.45, 2.75) is 38.4 Å². The Morgan fingerprint density at radius 1 is 1.42 bits per heavy atom. The van der Waals surface area contributed by atoms with E-state index in [2.05, 4.69) is 5.32 Å². The molecule has 1 aromatic rings. The third-order valence-electron chi connectivity index (χ3n) is 4.21. The van der Waals surface area contributed by atoms with Crippen molar-refractivity contribution < 1.29 is 14.6 Å². The van der Waals surface area contributed by atoms with Crippen LogP contribution in [0.4, 0.5) is 5.69 Å². The van der Waals surface area contributed by atoms with Crippen molar-refractivity contribution in [3.63, 3.8) is 0 Å². The van der Waals surface area contributed by atoms with Crippen LogP contribution in [0.1, 0.15) is 37.0 Å². The van der Waals surface area contributed by atoms with Gasteiger partial charge in [-0.2, -0.15) is 0 Å². The summed E-state index contributed by atoms with van der Waals surface area (Å²) < 4.78 is 5.52. The lowest BCUT2D eigenvalue weighted by molar-refractivity contribution is -0.116. The fourth-order valence-electron chi connectivity index (χ4n) is 3.00. The second-order valence-corrected chi connectivity index (χ2v) is 5.44. The van der Waals surface area contributed by atoms with Gasteiger partial charge in [-0.05, 0) is 37.0 Å². The van der Waals surface area contributed by atoms with Crippen molar-refractivity contribution in [2.24, 2.45) is 5.92 Å². The molecule has 3 rings (SSSR count). The Balaban J connectivity index is 1.83. The molecule has 4 heteroatoms. The number of carbonyl (C=O) groups excluding carboxylic acids is 1. The zero-order valence-electron chi connectivity index (χ0n) is 11.1. The summed E-state index contributed by atoms with van der Waals surface area (Å²) >= 11 is 0. The molecule has 1 amide bonds. The average molecular weight is 261 g/mol. The summed E-state index contributed by atoms with van der Waals surface area (Å²) in [4.78, 5) is 11.3. The molecular weight excluding hydrogens is 242 g/mol. The van der Waals surface area contributed by atoms with Gasteiger partial charge in [0.05, 0.1) is 12.2 Å². The Bertz CT molecular complexity index is 500. The van der Waals surface area contributed by atoms with Gasteiger partial charge in [-0.25, -0.2) is 0 Å². The zero-order valence-corrected chi connectivity index (χ0v) is 11.1. The molecule has 0 spiro atoms. The number of hydrogen-bond donors (Lipinski definition) is 2. The smallest absolute Gasteiger partial charge is 0.224 e. The van der Waals surface area contributed by atoms with Gasteiger partial charge in [0.2, 0.25) is 5.91 Å². The number of hydrogen-bond acceptors (Lipinski definition) is 3. The molecule has 102 valence electrons. The highest BCUT2D eigenvalue weighted by atomic mass is 16.5. The summed E-state index contributed by atoms with van der Waals surface area (Å²) in [6.07, 6.45) is 1.79. The molecule has 1 saturated heterocycles. The van der Waals surface area contributed by atoms with Gasteiger partial charge in [0.1, 0.15) is 0 Å². The molecule has 2 aliphatic rings. The van der Waals surface area contributed by atoms with Gasteiger partial charge >= 0.3 is 0 Å². The van der Waals surface area contributed by atoms with Crippen LogP contribution in [0.15, 0.2) is 18.2 Å². The number of benzene rings is 1. The third-order valence-corrected chi connectivity index (χ3v) is 4.21. The van der Waals surface area contributed by atoms with Crippen LogP contribution in [-0.2, 0) is 16.0 Å². The second kappa shape index (κ2) is 4.94. The van der Waals surface area contributed by atoms with Crippen LogP contribution in [0, 0.1) is 5.92 Å². The number of amides is 1. The normalized spacial score (nSPS) is 27.8. The number of carbonyl (C=O) groups is 1. The molecule has 3 unspecified atom stereocenters. The number of ether oxygens (including phenoxy) is 1. The van der Waals surface area contributed by atoms with Gasteiger partial charge < -0.3 is 15.2 Å². The van der Waals surface area contributed by atoms with Gasteiger partial charge in [-0.1, -0.05) is 12.1 Å². The summed E-state index contributed by atoms with van der Waals surface area (Å²) in [6.45, 7) is 2.74. The maximum atomic E-state index is 11.3. The molecule has 2 aliphatic heterocycles. The molecule has 0 aliphatic carbocycles. The van der Waals surface area contributed by atoms with Gasteiger partial charge in [0.25, 0.3) is 0 Å². The average Bonchev–Trinajstić information content (AvgIpc) is 2.83. The maximum Gasteiger partial charge on any atom is 0.224 e. The molecule has 19 heavy (non-hydrogen) atoms. The van der Waals surface area contributed by atoms with E-state index in [-0.39, 0.29) is 17.9 Å². The number of anilines is 1. The van der Waals surface area contributed by atoms with E-state index in [1.165, 1.54) is 0 Å². The Hall–Kier alpha value is -1.39. The monoisotopic (exact) mass is 261 g/mol. The van der Waals surface area contributed by atoms with Crippen molar-refractivity contribution in [1.29, 1.82) is 0 Å². The Morgan fingerprint density at radius 3 is 3.00 bits per heavy atom. The fourth-order valence-corrected chi connectivity index (χ4v) is 3.00. The molecule has 2 heterocycles. The van der Waals surface area contributed by atoms with Gasteiger partial charge in [-0.3, -0.25) is 4.79 Å². The van der Waals surface area contributed by atoms with E-state index in [1.54, 1.807) is 0 Å². The fraction of sp³-hybridized carbons (Fsp3) is 0.533. The number of rotatable bonds is 2. The van der Waals surface area contributed by atoms with Gasteiger partial charge in [-0.15, -0.1) is 0 Å². The summed E-state index contributed by atoms with van der Waals surface area (Å²) in [5.41, 5.74) is 2.92. The van der Waals surface area contributed by atoms with E-state index in [9.17, 15) is 9.90 Å². The summed E-state index contributed by atoms with van der Waals surface area (Å²) in [6, 6.07) is 5.82. The molecule has 1 fully saturated rings. The molecule has 1 aromatic carbocycles. The van der Waals surface area contributed by atoms with Crippen LogP contribution < -0.4 is 5.32 Å². The largest absolute Gasteiger partial charge is 0.388 e. The first kappa shape index (κ1) is 12.6. The highest BCUT2D eigenvalue weighted by molar-refractivity contribution is 5.93. The SMILES string of the molecule is CC1OCCC1C(O)c1ccc2c(c1)CCC(=O)N2. The van der Waals surface area contributed by atoms with Gasteiger partial charge in [0, 0.05) is 24.6 Å². The number of fused-ring (bicyclic) bond motifs is 1. The lowest BCUT2D eigenvalue weighted by atomic mass is 9.89. The van der Waals surface area contributed by atoms with E-state index < -0.39 is 6.10 Å². The predicted molar refractivity (Wildman–Crippen MR) is 71.9 cm³/mol. The number of aliphatic hydroxyl groups excluding tert-OH is 1. The van der Waals surface area contributed by atoms with Crippen molar-refractivity contribution in [1.82, 2.24) is 0 Å². The minimum Gasteiger partial charge on any atom is -0.388 e. The first-order valence-electron chi connectivity index (χ1n) is 6.87. The van der Waals surface area contributed by atoms with Crippen LogP contribution in [-0.4, -0.2) is 23.7 Å². The number of aliphatic hydroxyl groups is 1. The van der Waals surface area contributed by atoms with E-state index in [4.69, 9.17) is 4.74 Å². The molecule has 0 aromatic heterocycles. The summed E-state index contributed by atoms with van der Waals surface area (Å²) in [5.74, 6) is 0.231. The number of aryl methyl sites for hydroxylation is 1. The maximum absolute atomic E-state index is 11.3. The van der Waals surface area contributed by atoms with E-state index in [0.717, 1.165) is 36.3 Å². The van der Waals surface area contributed by atoms with Crippen LogP contribution in [0.3, 0.4) is 0 Å². The Labute approximate surface area is 112 Å². The topological polar surface area (TPSA) is 58.6 Å². The van der Waals surface area contributed by atoms with E-state index in [0.29, 0.717) is 6.42 Å². The lowest BCUT2D eigenvalue weighted by Gasteiger charge is -2.23. The van der Waals surface area contributed by atoms with E-state index in [1.807, 2.05) is 25.1 Å².